The molecule has 1 N–H and O–H groups in total. The fourth-order valence-corrected chi connectivity index (χ4v) is 2.64. The zero-order chi connectivity index (χ0) is 14.5. The Morgan fingerprint density at radius 2 is 2.10 bits per heavy atom. The van der Waals surface area contributed by atoms with Crippen LogP contribution in [0, 0.1) is 5.92 Å². The van der Waals surface area contributed by atoms with Crippen molar-refractivity contribution in [1.29, 1.82) is 0 Å². The number of rotatable bonds is 5. The van der Waals surface area contributed by atoms with Crippen molar-refractivity contribution in [3.63, 3.8) is 0 Å². The van der Waals surface area contributed by atoms with Crippen molar-refractivity contribution in [3.05, 3.63) is 48.5 Å². The van der Waals surface area contributed by atoms with Crippen LogP contribution in [-0.4, -0.2) is 30.2 Å². The van der Waals surface area contributed by atoms with Crippen molar-refractivity contribution in [3.8, 4) is 11.5 Å². The van der Waals surface area contributed by atoms with E-state index < -0.39 is 0 Å². The number of ether oxygens (including phenoxy) is 2. The molecular formula is C16H19N3O2. The van der Waals surface area contributed by atoms with Gasteiger partial charge in [0.25, 0.3) is 0 Å². The minimum atomic E-state index is -0.120. The second kappa shape index (κ2) is 6.54. The Morgan fingerprint density at radius 3 is 2.76 bits per heavy atom. The molecule has 1 saturated heterocycles. The van der Waals surface area contributed by atoms with Crippen molar-refractivity contribution >= 4 is 0 Å². The van der Waals surface area contributed by atoms with E-state index >= 15 is 0 Å². The van der Waals surface area contributed by atoms with Gasteiger partial charge in [0.2, 0.25) is 0 Å². The van der Waals surface area contributed by atoms with Gasteiger partial charge in [-0.3, -0.25) is 9.97 Å². The van der Waals surface area contributed by atoms with Crippen molar-refractivity contribution in [1.82, 2.24) is 15.3 Å². The van der Waals surface area contributed by atoms with Gasteiger partial charge in [-0.05, 0) is 25.1 Å². The smallest absolute Gasteiger partial charge is 0.162 e. The molecule has 2 heterocycles. The molecule has 1 aromatic heterocycles. The van der Waals surface area contributed by atoms with E-state index in [0.29, 0.717) is 5.92 Å². The first kappa shape index (κ1) is 13.8. The molecule has 21 heavy (non-hydrogen) atoms. The van der Waals surface area contributed by atoms with Gasteiger partial charge in [-0.15, -0.1) is 0 Å². The molecule has 0 spiro atoms. The van der Waals surface area contributed by atoms with Crippen LogP contribution in [0.1, 0.15) is 18.2 Å². The van der Waals surface area contributed by atoms with Crippen LogP contribution in [0.5, 0.6) is 11.5 Å². The van der Waals surface area contributed by atoms with E-state index in [9.17, 15) is 0 Å². The van der Waals surface area contributed by atoms with E-state index in [1.807, 2.05) is 24.3 Å². The number of methoxy groups -OCH3 is 1. The monoisotopic (exact) mass is 285 g/mol. The highest BCUT2D eigenvalue weighted by atomic mass is 16.5. The number of hydrogen-bond donors (Lipinski definition) is 1. The van der Waals surface area contributed by atoms with Crippen molar-refractivity contribution in [2.24, 2.45) is 5.92 Å². The van der Waals surface area contributed by atoms with Crippen LogP contribution in [0.2, 0.25) is 0 Å². The molecule has 2 aromatic rings. The lowest BCUT2D eigenvalue weighted by Gasteiger charge is -2.24. The predicted octanol–water partition coefficient (Wildman–Crippen LogP) is 2.21. The molecule has 2 atom stereocenters. The highest BCUT2D eigenvalue weighted by Crippen LogP contribution is 2.35. The number of aromatic nitrogens is 2. The molecule has 5 heteroatoms. The summed E-state index contributed by atoms with van der Waals surface area (Å²) in [4.78, 5) is 8.59. The molecular weight excluding hydrogens is 266 g/mol. The second-order valence-corrected chi connectivity index (χ2v) is 5.07. The Labute approximate surface area is 124 Å². The quantitative estimate of drug-likeness (QED) is 0.913. The maximum atomic E-state index is 6.24. The van der Waals surface area contributed by atoms with Gasteiger partial charge >= 0.3 is 0 Å². The Kier molecular flexibility index (Phi) is 4.31. The van der Waals surface area contributed by atoms with E-state index in [0.717, 1.165) is 36.7 Å². The van der Waals surface area contributed by atoms with E-state index in [-0.39, 0.29) is 6.10 Å². The van der Waals surface area contributed by atoms with Crippen LogP contribution in [-0.2, 0) is 0 Å². The van der Waals surface area contributed by atoms with E-state index in [4.69, 9.17) is 9.47 Å². The Bertz CT molecular complexity index is 571. The fraction of sp³-hybridized carbons (Fsp3) is 0.375. The van der Waals surface area contributed by atoms with Crippen molar-refractivity contribution < 1.29 is 9.47 Å². The van der Waals surface area contributed by atoms with Crippen molar-refractivity contribution in [2.45, 2.75) is 12.5 Å². The lowest BCUT2D eigenvalue weighted by molar-refractivity contribution is 0.134. The summed E-state index contributed by atoms with van der Waals surface area (Å²) >= 11 is 0. The highest BCUT2D eigenvalue weighted by Gasteiger charge is 2.29. The van der Waals surface area contributed by atoms with Crippen LogP contribution in [0.4, 0.5) is 0 Å². The first-order chi connectivity index (χ1) is 10.4. The van der Waals surface area contributed by atoms with Crippen LogP contribution < -0.4 is 14.8 Å². The summed E-state index contributed by atoms with van der Waals surface area (Å²) in [7, 11) is 1.65. The van der Waals surface area contributed by atoms with Gasteiger partial charge in [0.15, 0.2) is 11.5 Å². The molecule has 1 aromatic carbocycles. The summed E-state index contributed by atoms with van der Waals surface area (Å²) in [6, 6.07) is 7.69. The van der Waals surface area contributed by atoms with Gasteiger partial charge in [-0.1, -0.05) is 12.1 Å². The molecule has 1 fully saturated rings. The fourth-order valence-electron chi connectivity index (χ4n) is 2.64. The Balaban J connectivity index is 1.88. The average Bonchev–Trinajstić information content (AvgIpc) is 3.08. The molecule has 0 amide bonds. The molecule has 3 rings (SSSR count). The van der Waals surface area contributed by atoms with Crippen molar-refractivity contribution in [2.75, 3.05) is 20.2 Å². The van der Waals surface area contributed by atoms with Crippen LogP contribution in [0.3, 0.4) is 0 Å². The summed E-state index contributed by atoms with van der Waals surface area (Å²) in [5, 5.41) is 3.38. The normalized spacial score (nSPS) is 19.2. The highest BCUT2D eigenvalue weighted by molar-refractivity contribution is 5.39. The third-order valence-corrected chi connectivity index (χ3v) is 3.72. The SMILES string of the molecule is COc1ccccc1OC(c1cnccn1)[C@H]1CCNC1. The maximum absolute atomic E-state index is 6.24. The van der Waals surface area contributed by atoms with Gasteiger partial charge in [-0.25, -0.2) is 0 Å². The molecule has 0 aliphatic carbocycles. The van der Waals surface area contributed by atoms with Gasteiger partial charge in [0.05, 0.1) is 19.0 Å². The zero-order valence-electron chi connectivity index (χ0n) is 12.0. The summed E-state index contributed by atoms with van der Waals surface area (Å²) in [6.45, 7) is 1.94. The van der Waals surface area contributed by atoms with E-state index in [2.05, 4.69) is 15.3 Å². The Morgan fingerprint density at radius 1 is 1.24 bits per heavy atom. The summed E-state index contributed by atoms with van der Waals surface area (Å²) in [5.41, 5.74) is 0.858. The predicted molar refractivity (Wildman–Crippen MR) is 79.4 cm³/mol. The van der Waals surface area contributed by atoms with E-state index in [1.54, 1.807) is 25.7 Å². The largest absolute Gasteiger partial charge is 0.493 e. The van der Waals surface area contributed by atoms with Crippen LogP contribution >= 0.6 is 0 Å². The van der Waals surface area contributed by atoms with Gasteiger partial charge in [0, 0.05) is 24.9 Å². The third-order valence-electron chi connectivity index (χ3n) is 3.72. The summed E-state index contributed by atoms with van der Waals surface area (Å²) < 4.78 is 11.6. The average molecular weight is 285 g/mol. The summed E-state index contributed by atoms with van der Waals surface area (Å²) in [5.74, 6) is 1.85. The third kappa shape index (κ3) is 3.13. The minimum Gasteiger partial charge on any atom is -0.493 e. The molecule has 0 bridgehead atoms. The Hall–Kier alpha value is -2.14. The second-order valence-electron chi connectivity index (χ2n) is 5.07. The molecule has 1 aliphatic rings. The lowest BCUT2D eigenvalue weighted by atomic mass is 9.99. The number of nitrogens with zero attached hydrogens (tertiary/aromatic N) is 2. The summed E-state index contributed by atoms with van der Waals surface area (Å²) in [6.07, 6.45) is 6.10. The number of hydrogen-bond acceptors (Lipinski definition) is 5. The van der Waals surface area contributed by atoms with E-state index in [1.165, 1.54) is 0 Å². The lowest BCUT2D eigenvalue weighted by Crippen LogP contribution is -2.22. The molecule has 110 valence electrons. The molecule has 5 nitrogen and oxygen atoms in total. The topological polar surface area (TPSA) is 56.3 Å². The number of para-hydroxylation sites is 2. The zero-order valence-corrected chi connectivity index (χ0v) is 12.0. The van der Waals surface area contributed by atoms with Crippen LogP contribution in [0.25, 0.3) is 0 Å². The first-order valence-electron chi connectivity index (χ1n) is 7.15. The van der Waals surface area contributed by atoms with Gasteiger partial charge in [0.1, 0.15) is 6.10 Å². The molecule has 1 unspecified atom stereocenters. The molecule has 1 aliphatic heterocycles. The first-order valence-corrected chi connectivity index (χ1v) is 7.15. The number of benzene rings is 1. The maximum Gasteiger partial charge on any atom is 0.162 e. The molecule has 0 radical (unpaired) electrons. The van der Waals surface area contributed by atoms with Crippen LogP contribution in [0.15, 0.2) is 42.9 Å². The standard InChI is InChI=1S/C16H19N3O2/c1-20-14-4-2-3-5-15(14)21-16(12-6-7-17-10-12)13-11-18-8-9-19-13/h2-5,8-9,11-12,16-17H,6-7,10H2,1H3/t12-,16?/m0/s1. The van der Waals surface area contributed by atoms with Gasteiger partial charge < -0.3 is 14.8 Å². The number of nitrogens with one attached hydrogen (secondary N) is 1. The van der Waals surface area contributed by atoms with Gasteiger partial charge in [-0.2, -0.15) is 0 Å². The molecule has 0 saturated carbocycles. The minimum absolute atomic E-state index is 0.120.